The minimum absolute atomic E-state index is 0.247. The van der Waals surface area contributed by atoms with Crippen molar-refractivity contribution in [1.29, 1.82) is 0 Å². The van der Waals surface area contributed by atoms with Gasteiger partial charge in [0.25, 0.3) is 0 Å². The summed E-state index contributed by atoms with van der Waals surface area (Å²) in [7, 11) is 1.97. The lowest BCUT2D eigenvalue weighted by Crippen LogP contribution is -2.22. The van der Waals surface area contributed by atoms with Gasteiger partial charge < -0.3 is 14.8 Å². The maximum absolute atomic E-state index is 5.77. The Hall–Kier alpha value is -1.06. The van der Waals surface area contributed by atoms with Gasteiger partial charge >= 0.3 is 0 Å². The van der Waals surface area contributed by atoms with E-state index in [4.69, 9.17) is 9.47 Å². The van der Waals surface area contributed by atoms with Gasteiger partial charge in [-0.15, -0.1) is 0 Å². The van der Waals surface area contributed by atoms with E-state index in [0.717, 1.165) is 25.4 Å². The Kier molecular flexibility index (Phi) is 9.09. The van der Waals surface area contributed by atoms with E-state index >= 15 is 0 Å². The van der Waals surface area contributed by atoms with E-state index in [9.17, 15) is 0 Å². The predicted octanol–water partition coefficient (Wildman–Crippen LogP) is 3.94. The van der Waals surface area contributed by atoms with Crippen LogP contribution in [-0.2, 0) is 4.74 Å². The Bertz CT molecular complexity index is 337. The molecule has 0 spiro atoms. The summed E-state index contributed by atoms with van der Waals surface area (Å²) in [5, 5.41) is 3.31. The van der Waals surface area contributed by atoms with Gasteiger partial charge in [-0.05, 0) is 38.1 Å². The van der Waals surface area contributed by atoms with Crippen molar-refractivity contribution in [3.63, 3.8) is 0 Å². The number of nitrogens with one attached hydrogen (secondary N) is 1. The molecule has 0 aliphatic heterocycles. The number of hydrogen-bond acceptors (Lipinski definition) is 3. The molecule has 0 fully saturated rings. The molecule has 0 saturated carbocycles. The average Bonchev–Trinajstić information content (AvgIpc) is 2.48. The van der Waals surface area contributed by atoms with Crippen LogP contribution in [0.25, 0.3) is 0 Å². The summed E-state index contributed by atoms with van der Waals surface area (Å²) < 4.78 is 11.2. The number of benzene rings is 1. The van der Waals surface area contributed by atoms with Crippen LogP contribution in [0.3, 0.4) is 0 Å². The van der Waals surface area contributed by atoms with Gasteiger partial charge in [-0.2, -0.15) is 0 Å². The molecule has 1 N–H and O–H groups in total. The third kappa shape index (κ3) is 6.40. The summed E-state index contributed by atoms with van der Waals surface area (Å²) >= 11 is 0. The zero-order chi connectivity index (χ0) is 14.6. The number of unbranched alkanes of at least 4 members (excludes halogenated alkanes) is 3. The van der Waals surface area contributed by atoms with E-state index in [2.05, 4.69) is 24.4 Å². The van der Waals surface area contributed by atoms with Crippen molar-refractivity contribution in [2.45, 2.75) is 45.6 Å². The predicted molar refractivity (Wildman–Crippen MR) is 84.4 cm³/mol. The van der Waals surface area contributed by atoms with Crippen LogP contribution < -0.4 is 10.1 Å². The number of rotatable bonds is 11. The Morgan fingerprint density at radius 3 is 2.40 bits per heavy atom. The van der Waals surface area contributed by atoms with Crippen LogP contribution in [-0.4, -0.2) is 26.9 Å². The van der Waals surface area contributed by atoms with Crippen molar-refractivity contribution in [3.8, 4) is 5.75 Å². The molecule has 1 rings (SSSR count). The largest absolute Gasteiger partial charge is 0.494 e. The lowest BCUT2D eigenvalue weighted by atomic mass is 10.1. The van der Waals surface area contributed by atoms with Crippen LogP contribution in [0.2, 0.25) is 0 Å². The third-order valence-corrected chi connectivity index (χ3v) is 3.37. The van der Waals surface area contributed by atoms with Crippen molar-refractivity contribution in [2.24, 2.45) is 0 Å². The van der Waals surface area contributed by atoms with Gasteiger partial charge in [0.2, 0.25) is 0 Å². The van der Waals surface area contributed by atoms with Gasteiger partial charge in [-0.1, -0.05) is 38.3 Å². The minimum Gasteiger partial charge on any atom is -0.494 e. The van der Waals surface area contributed by atoms with E-state index in [-0.39, 0.29) is 6.04 Å². The van der Waals surface area contributed by atoms with Crippen LogP contribution in [0.1, 0.15) is 51.1 Å². The number of hydrogen-bond donors (Lipinski definition) is 1. The summed E-state index contributed by atoms with van der Waals surface area (Å²) in [5.74, 6) is 0.923. The third-order valence-electron chi connectivity index (χ3n) is 3.37. The highest BCUT2D eigenvalue weighted by atomic mass is 16.5. The molecule has 0 bridgehead atoms. The fourth-order valence-corrected chi connectivity index (χ4v) is 2.14. The van der Waals surface area contributed by atoms with Crippen molar-refractivity contribution in [1.82, 2.24) is 5.32 Å². The molecule has 0 radical (unpaired) electrons. The molecule has 114 valence electrons. The number of likely N-dealkylation sites (N-methyl/N-ethyl adjacent to an activating group) is 1. The van der Waals surface area contributed by atoms with E-state index < -0.39 is 0 Å². The molecule has 20 heavy (non-hydrogen) atoms. The van der Waals surface area contributed by atoms with Gasteiger partial charge in [-0.3, -0.25) is 0 Å². The van der Waals surface area contributed by atoms with Crippen molar-refractivity contribution in [3.05, 3.63) is 29.8 Å². The summed E-state index contributed by atoms with van der Waals surface area (Å²) in [6.45, 7) is 6.50. The fourth-order valence-electron chi connectivity index (χ4n) is 2.14. The monoisotopic (exact) mass is 279 g/mol. The second-order valence-corrected chi connectivity index (χ2v) is 4.98. The van der Waals surface area contributed by atoms with Crippen LogP contribution in [0.5, 0.6) is 5.75 Å². The molecule has 0 aromatic heterocycles. The molecule has 1 aromatic carbocycles. The zero-order valence-electron chi connectivity index (χ0n) is 13.2. The Morgan fingerprint density at radius 1 is 1.05 bits per heavy atom. The highest BCUT2D eigenvalue weighted by Gasteiger charge is 2.09. The van der Waals surface area contributed by atoms with Crippen molar-refractivity contribution < 1.29 is 9.47 Å². The van der Waals surface area contributed by atoms with E-state index in [1.807, 2.05) is 26.1 Å². The summed E-state index contributed by atoms with van der Waals surface area (Å²) in [6.07, 6.45) is 5.00. The molecule has 0 aliphatic carbocycles. The van der Waals surface area contributed by atoms with Crippen molar-refractivity contribution >= 4 is 0 Å². The lowest BCUT2D eigenvalue weighted by Gasteiger charge is -2.17. The Balaban J connectivity index is 2.33. The molecule has 3 heteroatoms. The minimum atomic E-state index is 0.247. The van der Waals surface area contributed by atoms with Gasteiger partial charge in [0.05, 0.1) is 19.3 Å². The maximum Gasteiger partial charge on any atom is 0.119 e. The topological polar surface area (TPSA) is 30.5 Å². The van der Waals surface area contributed by atoms with Gasteiger partial charge in [0, 0.05) is 6.61 Å². The van der Waals surface area contributed by atoms with Crippen LogP contribution in [0.4, 0.5) is 0 Å². The Labute approximate surface area is 123 Å². The number of ether oxygens (including phenoxy) is 2. The fraction of sp³-hybridized carbons (Fsp3) is 0.647. The molecular formula is C17H29NO2. The molecular weight excluding hydrogens is 250 g/mol. The first-order valence-corrected chi connectivity index (χ1v) is 7.79. The SMILES string of the molecule is CCCCCCOCC(NC)c1ccc(OCC)cc1. The van der Waals surface area contributed by atoms with Crippen LogP contribution in [0.15, 0.2) is 24.3 Å². The summed E-state index contributed by atoms with van der Waals surface area (Å²) in [6, 6.07) is 8.49. The zero-order valence-corrected chi connectivity index (χ0v) is 13.2. The molecule has 1 atom stereocenters. The highest BCUT2D eigenvalue weighted by Crippen LogP contribution is 2.18. The smallest absolute Gasteiger partial charge is 0.119 e. The summed E-state index contributed by atoms with van der Waals surface area (Å²) in [4.78, 5) is 0. The molecule has 0 aliphatic rings. The first-order chi connectivity index (χ1) is 9.81. The quantitative estimate of drug-likeness (QED) is 0.622. The second kappa shape index (κ2) is 10.7. The Morgan fingerprint density at radius 2 is 1.80 bits per heavy atom. The molecule has 1 unspecified atom stereocenters. The first kappa shape index (κ1) is 17.0. The average molecular weight is 279 g/mol. The molecule has 3 nitrogen and oxygen atoms in total. The van der Waals surface area contributed by atoms with E-state index in [1.165, 1.54) is 24.8 Å². The normalized spacial score (nSPS) is 12.3. The second-order valence-electron chi connectivity index (χ2n) is 4.98. The van der Waals surface area contributed by atoms with E-state index in [1.54, 1.807) is 0 Å². The standard InChI is InChI=1S/C17H29NO2/c1-4-6-7-8-13-19-14-17(18-3)15-9-11-16(12-10-15)20-5-2/h9-12,17-18H,4-8,13-14H2,1-3H3. The van der Waals surface area contributed by atoms with Crippen molar-refractivity contribution in [2.75, 3.05) is 26.9 Å². The van der Waals surface area contributed by atoms with Gasteiger partial charge in [0.1, 0.15) is 5.75 Å². The molecule has 1 aromatic rings. The van der Waals surface area contributed by atoms with Crippen LogP contribution in [0, 0.1) is 0 Å². The highest BCUT2D eigenvalue weighted by molar-refractivity contribution is 5.29. The summed E-state index contributed by atoms with van der Waals surface area (Å²) in [5.41, 5.74) is 1.24. The van der Waals surface area contributed by atoms with Crippen LogP contribution >= 0.6 is 0 Å². The molecule has 0 heterocycles. The van der Waals surface area contributed by atoms with E-state index in [0.29, 0.717) is 6.61 Å². The molecule has 0 saturated heterocycles. The lowest BCUT2D eigenvalue weighted by molar-refractivity contribution is 0.110. The van der Waals surface area contributed by atoms with Gasteiger partial charge in [0.15, 0.2) is 0 Å². The maximum atomic E-state index is 5.77. The first-order valence-electron chi connectivity index (χ1n) is 7.79. The van der Waals surface area contributed by atoms with Gasteiger partial charge in [-0.25, -0.2) is 0 Å². The molecule has 0 amide bonds.